The first-order valence-corrected chi connectivity index (χ1v) is 8.63. The number of amides is 1. The highest BCUT2D eigenvalue weighted by Gasteiger charge is 2.17. The summed E-state index contributed by atoms with van der Waals surface area (Å²) in [5.74, 6) is 1.15. The number of thiazole rings is 1. The van der Waals surface area contributed by atoms with Crippen molar-refractivity contribution < 1.29 is 14.3 Å². The Morgan fingerprint density at radius 3 is 2.67 bits per heavy atom. The maximum atomic E-state index is 12.4. The first kappa shape index (κ1) is 15.2. The molecule has 2 heterocycles. The first-order valence-electron chi connectivity index (χ1n) is 7.43. The smallest absolute Gasteiger partial charge is 0.279 e. The molecule has 1 aliphatic rings. The van der Waals surface area contributed by atoms with Gasteiger partial charge in [-0.25, -0.2) is 0 Å². The summed E-state index contributed by atoms with van der Waals surface area (Å²) in [5, 5.41) is 0.589. The quantitative estimate of drug-likeness (QED) is 0.697. The van der Waals surface area contributed by atoms with E-state index in [-0.39, 0.29) is 12.7 Å². The minimum atomic E-state index is -0.291. The molecule has 0 atom stereocenters. The number of nitrogens with zero attached hydrogens (tertiary/aromatic N) is 2. The number of hydrogen-bond acceptors (Lipinski definition) is 4. The zero-order valence-corrected chi connectivity index (χ0v) is 14.4. The lowest BCUT2D eigenvalue weighted by molar-refractivity contribution is 0.0998. The van der Waals surface area contributed by atoms with E-state index in [9.17, 15) is 4.79 Å². The number of halogens is 1. The van der Waals surface area contributed by atoms with Crippen LogP contribution in [-0.2, 0) is 6.54 Å². The lowest BCUT2D eigenvalue weighted by Gasteiger charge is -2.01. The maximum Gasteiger partial charge on any atom is 0.279 e. The largest absolute Gasteiger partial charge is 0.454 e. The van der Waals surface area contributed by atoms with Crippen LogP contribution in [0.4, 0.5) is 0 Å². The molecule has 4 rings (SSSR count). The lowest BCUT2D eigenvalue weighted by atomic mass is 10.2. The highest BCUT2D eigenvalue weighted by molar-refractivity contribution is 7.16. The van der Waals surface area contributed by atoms with Gasteiger partial charge in [-0.3, -0.25) is 4.79 Å². The molecular formula is C17H13ClN2O3S. The number of carbonyl (C=O) groups is 1. The van der Waals surface area contributed by atoms with E-state index < -0.39 is 0 Å². The molecule has 0 saturated carbocycles. The zero-order chi connectivity index (χ0) is 16.7. The average Bonchev–Trinajstić information content (AvgIpc) is 3.16. The van der Waals surface area contributed by atoms with Crippen LogP contribution in [0.15, 0.2) is 41.4 Å². The van der Waals surface area contributed by atoms with Gasteiger partial charge in [0.15, 0.2) is 16.3 Å². The zero-order valence-electron chi connectivity index (χ0n) is 12.8. The third-order valence-electron chi connectivity index (χ3n) is 3.78. The van der Waals surface area contributed by atoms with Crippen molar-refractivity contribution in [2.24, 2.45) is 4.99 Å². The summed E-state index contributed by atoms with van der Waals surface area (Å²) in [7, 11) is 0. The molecule has 0 unspecified atom stereocenters. The van der Waals surface area contributed by atoms with E-state index in [0.29, 0.717) is 21.9 Å². The summed E-state index contributed by atoms with van der Waals surface area (Å²) < 4.78 is 13.9. The van der Waals surface area contributed by atoms with Crippen LogP contribution in [0.3, 0.4) is 0 Å². The highest BCUT2D eigenvalue weighted by Crippen LogP contribution is 2.36. The summed E-state index contributed by atoms with van der Waals surface area (Å²) in [5.41, 5.74) is 1.49. The predicted molar refractivity (Wildman–Crippen MR) is 93.0 cm³/mol. The molecule has 24 heavy (non-hydrogen) atoms. The van der Waals surface area contributed by atoms with Gasteiger partial charge < -0.3 is 14.0 Å². The molecule has 122 valence electrons. The van der Waals surface area contributed by atoms with Crippen molar-refractivity contribution in [2.45, 2.75) is 13.5 Å². The van der Waals surface area contributed by atoms with Crippen LogP contribution in [0.2, 0.25) is 5.02 Å². The van der Waals surface area contributed by atoms with Crippen LogP contribution < -0.4 is 14.3 Å². The average molecular weight is 361 g/mol. The number of aromatic nitrogens is 1. The van der Waals surface area contributed by atoms with Gasteiger partial charge >= 0.3 is 0 Å². The van der Waals surface area contributed by atoms with Gasteiger partial charge in [0.25, 0.3) is 5.91 Å². The molecule has 1 amide bonds. The van der Waals surface area contributed by atoms with E-state index in [1.165, 1.54) is 11.3 Å². The van der Waals surface area contributed by atoms with Gasteiger partial charge in [-0.2, -0.15) is 4.99 Å². The number of benzene rings is 2. The van der Waals surface area contributed by atoms with Gasteiger partial charge in [0, 0.05) is 29.3 Å². The Kier molecular flexibility index (Phi) is 3.78. The number of aryl methyl sites for hydroxylation is 1. The van der Waals surface area contributed by atoms with E-state index in [1.807, 2.05) is 23.6 Å². The second-order valence-electron chi connectivity index (χ2n) is 5.23. The van der Waals surface area contributed by atoms with Gasteiger partial charge in [-0.15, -0.1) is 0 Å². The molecule has 0 bridgehead atoms. The maximum absolute atomic E-state index is 12.4. The Balaban J connectivity index is 1.83. The monoisotopic (exact) mass is 360 g/mol. The number of rotatable bonds is 2. The first-order chi connectivity index (χ1) is 11.7. The molecule has 0 fully saturated rings. The van der Waals surface area contributed by atoms with Crippen LogP contribution in [0, 0.1) is 0 Å². The van der Waals surface area contributed by atoms with Crippen LogP contribution in [0.25, 0.3) is 10.2 Å². The number of ether oxygens (including phenoxy) is 2. The Hall–Kier alpha value is -2.31. The molecule has 1 aliphatic heterocycles. The van der Waals surface area contributed by atoms with Crippen molar-refractivity contribution in [1.29, 1.82) is 0 Å². The predicted octanol–water partition coefficient (Wildman–Crippen LogP) is 3.85. The summed E-state index contributed by atoms with van der Waals surface area (Å²) in [4.78, 5) is 17.3. The number of carbonyl (C=O) groups excluding carboxylic acids is 1. The van der Waals surface area contributed by atoms with Gasteiger partial charge in [0.05, 0.1) is 10.2 Å². The van der Waals surface area contributed by atoms with Crippen molar-refractivity contribution in [1.82, 2.24) is 4.57 Å². The van der Waals surface area contributed by atoms with Crippen LogP contribution >= 0.6 is 22.9 Å². The summed E-state index contributed by atoms with van der Waals surface area (Å²) in [6.45, 7) is 2.96. The molecule has 1 aromatic heterocycles. The molecule has 0 radical (unpaired) electrons. The second-order valence-corrected chi connectivity index (χ2v) is 6.67. The molecule has 3 aromatic rings. The van der Waals surface area contributed by atoms with Crippen LogP contribution in [0.1, 0.15) is 17.3 Å². The molecule has 0 spiro atoms. The third kappa shape index (κ3) is 2.57. The van der Waals surface area contributed by atoms with E-state index in [1.54, 1.807) is 24.3 Å². The lowest BCUT2D eigenvalue weighted by Crippen LogP contribution is -2.15. The van der Waals surface area contributed by atoms with Crippen molar-refractivity contribution in [3.05, 3.63) is 51.8 Å². The summed E-state index contributed by atoms with van der Waals surface area (Å²) in [6.07, 6.45) is 0. The Bertz CT molecular complexity index is 1010. The van der Waals surface area contributed by atoms with Gasteiger partial charge in [-0.05, 0) is 31.2 Å². The second kappa shape index (κ2) is 5.96. The van der Waals surface area contributed by atoms with E-state index in [4.69, 9.17) is 21.1 Å². The molecule has 0 saturated heterocycles. The number of hydrogen-bond donors (Lipinski definition) is 0. The van der Waals surface area contributed by atoms with Gasteiger partial charge in [0.2, 0.25) is 6.79 Å². The van der Waals surface area contributed by atoms with Crippen molar-refractivity contribution >= 4 is 39.1 Å². The summed E-state index contributed by atoms with van der Waals surface area (Å²) in [6, 6.07) is 10.6. The highest BCUT2D eigenvalue weighted by atomic mass is 35.5. The third-order valence-corrected chi connectivity index (χ3v) is 5.07. The van der Waals surface area contributed by atoms with E-state index in [2.05, 4.69) is 4.99 Å². The topological polar surface area (TPSA) is 52.8 Å². The summed E-state index contributed by atoms with van der Waals surface area (Å²) >= 11 is 7.31. The standard InChI is InChI=1S/C17H13ClN2O3S/c1-2-20-12-7-13-14(23-9-22-13)8-15(12)24-17(20)19-16(21)10-3-5-11(18)6-4-10/h3-8H,2,9H2,1H3. The SMILES string of the molecule is CCn1c(=NC(=O)c2ccc(Cl)cc2)sc2cc3c(cc21)OCO3. The normalized spacial score (nSPS) is 13.7. The minimum Gasteiger partial charge on any atom is -0.454 e. The number of fused-ring (bicyclic) bond motifs is 2. The van der Waals surface area contributed by atoms with Gasteiger partial charge in [0.1, 0.15) is 0 Å². The molecule has 2 aromatic carbocycles. The van der Waals surface area contributed by atoms with Gasteiger partial charge in [-0.1, -0.05) is 22.9 Å². The fourth-order valence-electron chi connectivity index (χ4n) is 2.59. The fraction of sp³-hybridized carbons (Fsp3) is 0.176. The van der Waals surface area contributed by atoms with Crippen LogP contribution in [-0.4, -0.2) is 17.3 Å². The van der Waals surface area contributed by atoms with Crippen LogP contribution in [0.5, 0.6) is 11.5 Å². The van der Waals surface area contributed by atoms with Crippen molar-refractivity contribution in [3.63, 3.8) is 0 Å². The Morgan fingerprint density at radius 2 is 1.96 bits per heavy atom. The minimum absolute atomic E-state index is 0.241. The molecular weight excluding hydrogens is 348 g/mol. The van der Waals surface area contributed by atoms with E-state index in [0.717, 1.165) is 21.7 Å². The Morgan fingerprint density at radius 1 is 1.25 bits per heavy atom. The molecule has 7 heteroatoms. The molecule has 0 N–H and O–H groups in total. The molecule has 5 nitrogen and oxygen atoms in total. The fourth-order valence-corrected chi connectivity index (χ4v) is 3.82. The van der Waals surface area contributed by atoms with Crippen molar-refractivity contribution in [3.8, 4) is 11.5 Å². The van der Waals surface area contributed by atoms with E-state index >= 15 is 0 Å². The van der Waals surface area contributed by atoms with Crippen molar-refractivity contribution in [2.75, 3.05) is 6.79 Å². The molecule has 0 aliphatic carbocycles. The Labute approximate surface area is 146 Å².